The summed E-state index contributed by atoms with van der Waals surface area (Å²) in [5.74, 6) is -0.171. The van der Waals surface area contributed by atoms with Crippen LogP contribution in [-0.4, -0.2) is 43.1 Å². The Balaban J connectivity index is 2.00. The first-order valence-corrected chi connectivity index (χ1v) is 8.27. The van der Waals surface area contributed by atoms with Crippen LogP contribution in [0.25, 0.3) is 17.0 Å². The van der Waals surface area contributed by atoms with E-state index < -0.39 is 17.7 Å². The van der Waals surface area contributed by atoms with E-state index in [2.05, 4.69) is 26.5 Å². The molecule has 0 saturated carbocycles. The number of fused-ring (bicyclic) bond motifs is 3. The van der Waals surface area contributed by atoms with Crippen LogP contribution in [0.5, 0.6) is 11.8 Å². The highest BCUT2D eigenvalue weighted by Crippen LogP contribution is 2.26. The zero-order valence-corrected chi connectivity index (χ0v) is 14.2. The first kappa shape index (κ1) is 16.8. The number of hydrogen-bond donors (Lipinski definition) is 2. The molecule has 1 aliphatic heterocycles. The predicted octanol–water partition coefficient (Wildman–Crippen LogP) is 0.709. The van der Waals surface area contributed by atoms with Crippen LogP contribution in [0.2, 0.25) is 0 Å². The molecule has 138 valence electrons. The molecule has 0 spiro atoms. The van der Waals surface area contributed by atoms with Crippen molar-refractivity contribution in [3.05, 3.63) is 47.2 Å². The number of carbonyl (C=O) groups is 1. The normalized spacial score (nSPS) is 16.5. The molecule has 0 aromatic carbocycles. The fourth-order valence-corrected chi connectivity index (χ4v) is 2.89. The van der Waals surface area contributed by atoms with E-state index in [1.807, 2.05) is 0 Å². The third kappa shape index (κ3) is 2.90. The van der Waals surface area contributed by atoms with Crippen LogP contribution in [0.4, 0.5) is 0 Å². The molecular formula is C17H16N6O4. The number of amides is 1. The molecular weight excluding hydrogens is 352 g/mol. The fourth-order valence-electron chi connectivity index (χ4n) is 2.89. The average Bonchev–Trinajstić information content (AvgIpc) is 2.99. The Labute approximate surface area is 152 Å². The SMILES string of the molecule is C=C[C@H]1CCCOc2ncnc3[nH]c(=O)n(c23)-c2ccc(C(N)=O)c(n2)O1. The van der Waals surface area contributed by atoms with Crippen molar-refractivity contribution < 1.29 is 14.3 Å². The average molecular weight is 368 g/mol. The van der Waals surface area contributed by atoms with Gasteiger partial charge >= 0.3 is 5.69 Å². The lowest BCUT2D eigenvalue weighted by Crippen LogP contribution is -2.22. The summed E-state index contributed by atoms with van der Waals surface area (Å²) in [7, 11) is 0. The maximum absolute atomic E-state index is 12.5. The molecule has 4 rings (SSSR count). The van der Waals surface area contributed by atoms with Gasteiger partial charge in [-0.25, -0.2) is 14.3 Å². The summed E-state index contributed by atoms with van der Waals surface area (Å²) in [5, 5.41) is 0. The first-order valence-electron chi connectivity index (χ1n) is 8.27. The topological polar surface area (TPSA) is 138 Å². The number of imidazole rings is 1. The molecule has 0 unspecified atom stereocenters. The molecule has 2 bridgehead atoms. The van der Waals surface area contributed by atoms with Gasteiger partial charge in [-0.2, -0.15) is 9.97 Å². The number of carbonyl (C=O) groups excluding carboxylic acids is 1. The second-order valence-electron chi connectivity index (χ2n) is 5.91. The van der Waals surface area contributed by atoms with Gasteiger partial charge in [0, 0.05) is 0 Å². The summed E-state index contributed by atoms with van der Waals surface area (Å²) in [4.78, 5) is 39.5. The molecule has 0 fully saturated rings. The van der Waals surface area contributed by atoms with E-state index in [1.54, 1.807) is 6.08 Å². The van der Waals surface area contributed by atoms with Crippen LogP contribution in [0.1, 0.15) is 23.2 Å². The molecule has 1 amide bonds. The van der Waals surface area contributed by atoms with Gasteiger partial charge in [-0.3, -0.25) is 9.78 Å². The first-order chi connectivity index (χ1) is 13.1. The largest absolute Gasteiger partial charge is 0.476 e. The molecule has 4 heterocycles. The predicted molar refractivity (Wildman–Crippen MR) is 95.1 cm³/mol. The van der Waals surface area contributed by atoms with Gasteiger partial charge in [0.25, 0.3) is 5.91 Å². The molecule has 3 N–H and O–H groups in total. The number of ether oxygens (including phenoxy) is 2. The summed E-state index contributed by atoms with van der Waals surface area (Å²) in [6.45, 7) is 4.10. The number of nitrogens with two attached hydrogens (primary N) is 1. The van der Waals surface area contributed by atoms with Crippen molar-refractivity contribution in [2.24, 2.45) is 5.73 Å². The summed E-state index contributed by atoms with van der Waals surface area (Å²) >= 11 is 0. The third-order valence-corrected chi connectivity index (χ3v) is 4.18. The van der Waals surface area contributed by atoms with Crippen LogP contribution in [0, 0.1) is 0 Å². The number of H-pyrrole nitrogens is 1. The minimum atomic E-state index is -0.683. The number of rotatable bonds is 2. The summed E-state index contributed by atoms with van der Waals surface area (Å²) in [6, 6.07) is 2.95. The molecule has 3 aromatic rings. The lowest BCUT2D eigenvalue weighted by atomic mass is 10.2. The minimum absolute atomic E-state index is 0.0334. The van der Waals surface area contributed by atoms with Crippen molar-refractivity contribution in [2.75, 3.05) is 6.61 Å². The number of nitrogens with zero attached hydrogens (tertiary/aromatic N) is 4. The van der Waals surface area contributed by atoms with Gasteiger partial charge in [-0.05, 0) is 25.0 Å². The molecule has 10 heteroatoms. The minimum Gasteiger partial charge on any atom is -0.476 e. The Hall–Kier alpha value is -3.69. The number of primary amides is 1. The Kier molecular flexibility index (Phi) is 4.07. The van der Waals surface area contributed by atoms with Crippen LogP contribution >= 0.6 is 0 Å². The second-order valence-corrected chi connectivity index (χ2v) is 5.91. The van der Waals surface area contributed by atoms with Crippen molar-refractivity contribution in [3.8, 4) is 17.6 Å². The van der Waals surface area contributed by atoms with Gasteiger partial charge < -0.3 is 15.2 Å². The molecule has 0 radical (unpaired) electrons. The molecule has 3 aromatic heterocycles. The molecule has 1 atom stereocenters. The Morgan fingerprint density at radius 1 is 1.37 bits per heavy atom. The highest BCUT2D eigenvalue weighted by molar-refractivity contribution is 5.95. The quantitative estimate of drug-likeness (QED) is 0.635. The zero-order valence-electron chi connectivity index (χ0n) is 14.2. The zero-order chi connectivity index (χ0) is 19.0. The number of pyridine rings is 1. The maximum Gasteiger partial charge on any atom is 0.333 e. The van der Waals surface area contributed by atoms with Crippen LogP contribution in [0.3, 0.4) is 0 Å². The Morgan fingerprint density at radius 2 is 2.22 bits per heavy atom. The molecule has 1 aliphatic rings. The van der Waals surface area contributed by atoms with Crippen molar-refractivity contribution in [3.63, 3.8) is 0 Å². The van der Waals surface area contributed by atoms with Crippen molar-refractivity contribution in [1.29, 1.82) is 0 Å². The number of aromatic nitrogens is 5. The van der Waals surface area contributed by atoms with Gasteiger partial charge in [0.05, 0.1) is 6.61 Å². The molecule has 0 aliphatic carbocycles. The van der Waals surface area contributed by atoms with Crippen molar-refractivity contribution in [1.82, 2.24) is 24.5 Å². The third-order valence-electron chi connectivity index (χ3n) is 4.18. The van der Waals surface area contributed by atoms with E-state index in [4.69, 9.17) is 15.2 Å². The fraction of sp³-hybridized carbons (Fsp3) is 0.235. The van der Waals surface area contributed by atoms with Gasteiger partial charge in [-0.15, -0.1) is 0 Å². The summed E-state index contributed by atoms with van der Waals surface area (Å²) < 4.78 is 12.8. The van der Waals surface area contributed by atoms with E-state index >= 15 is 0 Å². The van der Waals surface area contributed by atoms with E-state index in [1.165, 1.54) is 23.0 Å². The number of nitrogens with one attached hydrogen (secondary N) is 1. The standard InChI is InChI=1S/C17H16N6O4/c1-2-9-4-3-7-26-16-12-14(19-8-20-16)22-17(25)23(12)11-6-5-10(13(18)24)15(21-11)27-9/h2,5-6,8-9H,1,3-4,7H2,(H2,18,24)(H,19,20,22,25)/t9-/m0/s1. The van der Waals surface area contributed by atoms with Crippen molar-refractivity contribution in [2.45, 2.75) is 18.9 Å². The number of hydrogen-bond acceptors (Lipinski definition) is 7. The van der Waals surface area contributed by atoms with E-state index in [0.717, 1.165) is 0 Å². The van der Waals surface area contributed by atoms with Gasteiger partial charge in [0.1, 0.15) is 23.8 Å². The Bertz CT molecular complexity index is 1100. The van der Waals surface area contributed by atoms with Crippen LogP contribution in [-0.2, 0) is 0 Å². The van der Waals surface area contributed by atoms with Gasteiger partial charge in [0.15, 0.2) is 11.2 Å². The molecule has 27 heavy (non-hydrogen) atoms. The summed E-state index contributed by atoms with van der Waals surface area (Å²) in [6.07, 6.45) is 3.74. The molecule has 10 nitrogen and oxygen atoms in total. The van der Waals surface area contributed by atoms with E-state index in [0.29, 0.717) is 30.6 Å². The van der Waals surface area contributed by atoms with Gasteiger partial charge in [-0.1, -0.05) is 12.7 Å². The number of aromatic amines is 1. The maximum atomic E-state index is 12.5. The Morgan fingerprint density at radius 3 is 3.00 bits per heavy atom. The highest BCUT2D eigenvalue weighted by Gasteiger charge is 2.22. The molecule has 0 saturated heterocycles. The monoisotopic (exact) mass is 368 g/mol. The van der Waals surface area contributed by atoms with Crippen LogP contribution < -0.4 is 20.9 Å². The van der Waals surface area contributed by atoms with Crippen LogP contribution in [0.15, 0.2) is 35.9 Å². The summed E-state index contributed by atoms with van der Waals surface area (Å²) in [5.41, 5.74) is 5.74. The van der Waals surface area contributed by atoms with E-state index in [9.17, 15) is 9.59 Å². The highest BCUT2D eigenvalue weighted by atomic mass is 16.5. The van der Waals surface area contributed by atoms with E-state index in [-0.39, 0.29) is 23.1 Å². The lowest BCUT2D eigenvalue weighted by molar-refractivity contribution is 0.0992. The smallest absolute Gasteiger partial charge is 0.333 e. The van der Waals surface area contributed by atoms with Crippen molar-refractivity contribution >= 4 is 17.1 Å². The van der Waals surface area contributed by atoms with Gasteiger partial charge in [0.2, 0.25) is 11.8 Å². The second kappa shape index (κ2) is 6.56. The lowest BCUT2D eigenvalue weighted by Gasteiger charge is -2.18.